The van der Waals surface area contributed by atoms with Crippen LogP contribution in [-0.2, 0) is 9.59 Å². The molecule has 0 aromatic carbocycles. The summed E-state index contributed by atoms with van der Waals surface area (Å²) in [4.78, 5) is 33.3. The monoisotopic (exact) mass is 158 g/mol. The number of aliphatic hydroxyl groups excluding tert-OH is 1. The molecule has 1 aliphatic rings. The summed E-state index contributed by atoms with van der Waals surface area (Å²) in [6, 6.07) is -0.789. The minimum Gasteiger partial charge on any atom is -0.376 e. The maximum absolute atomic E-state index is 10.8. The quantitative estimate of drug-likeness (QED) is 0.366. The van der Waals surface area contributed by atoms with Gasteiger partial charge in [0.15, 0.2) is 0 Å². The maximum atomic E-state index is 10.8. The molecule has 4 amide bonds. The molecule has 0 bridgehead atoms. The van der Waals surface area contributed by atoms with Gasteiger partial charge in [0.2, 0.25) is 0 Å². The Morgan fingerprint density at radius 2 is 1.82 bits per heavy atom. The summed E-state index contributed by atoms with van der Waals surface area (Å²) in [5.41, 5.74) is 0. The average molecular weight is 158 g/mol. The van der Waals surface area contributed by atoms with E-state index in [9.17, 15) is 14.4 Å². The Labute approximate surface area is 62.0 Å². The lowest BCUT2D eigenvalue weighted by atomic mass is 10.6. The van der Waals surface area contributed by atoms with E-state index >= 15 is 0 Å². The second-order valence-electron chi connectivity index (χ2n) is 2.02. The second kappa shape index (κ2) is 2.31. The fraction of sp³-hybridized carbons (Fsp3) is 0.400. The highest BCUT2D eigenvalue weighted by atomic mass is 16.3. The van der Waals surface area contributed by atoms with Crippen molar-refractivity contribution in [2.24, 2.45) is 0 Å². The SMILES string of the molecule is CN1C(=O)C(=O)N(CO)C1=O. The van der Waals surface area contributed by atoms with Crippen LogP contribution in [0.1, 0.15) is 0 Å². The highest BCUT2D eigenvalue weighted by Crippen LogP contribution is 2.07. The molecular weight excluding hydrogens is 152 g/mol. The summed E-state index contributed by atoms with van der Waals surface area (Å²) in [5, 5.41) is 8.45. The van der Waals surface area contributed by atoms with Crippen LogP contribution in [0.2, 0.25) is 0 Å². The summed E-state index contributed by atoms with van der Waals surface area (Å²) >= 11 is 0. The van der Waals surface area contributed by atoms with Crippen molar-refractivity contribution in [3.8, 4) is 0 Å². The molecule has 0 saturated carbocycles. The van der Waals surface area contributed by atoms with Crippen molar-refractivity contribution in [2.45, 2.75) is 0 Å². The summed E-state index contributed by atoms with van der Waals surface area (Å²) in [6.07, 6.45) is 0. The molecule has 1 saturated heterocycles. The number of imide groups is 2. The number of hydrogen-bond acceptors (Lipinski definition) is 4. The topological polar surface area (TPSA) is 77.9 Å². The van der Waals surface area contributed by atoms with Crippen LogP contribution in [0.4, 0.5) is 4.79 Å². The summed E-state index contributed by atoms with van der Waals surface area (Å²) in [5.74, 6) is -1.90. The van der Waals surface area contributed by atoms with Gasteiger partial charge in [-0.05, 0) is 0 Å². The number of nitrogens with zero attached hydrogens (tertiary/aromatic N) is 2. The molecule has 11 heavy (non-hydrogen) atoms. The largest absolute Gasteiger partial charge is 0.376 e. The van der Waals surface area contributed by atoms with Gasteiger partial charge in [0.05, 0.1) is 0 Å². The van der Waals surface area contributed by atoms with E-state index in [2.05, 4.69) is 0 Å². The lowest BCUT2D eigenvalue weighted by Crippen LogP contribution is -2.32. The third kappa shape index (κ3) is 0.874. The van der Waals surface area contributed by atoms with E-state index in [4.69, 9.17) is 5.11 Å². The Morgan fingerprint density at radius 1 is 1.27 bits per heavy atom. The Morgan fingerprint density at radius 3 is 2.00 bits per heavy atom. The Hall–Kier alpha value is -1.43. The van der Waals surface area contributed by atoms with E-state index in [1.165, 1.54) is 7.05 Å². The van der Waals surface area contributed by atoms with Crippen LogP contribution >= 0.6 is 0 Å². The van der Waals surface area contributed by atoms with Gasteiger partial charge in [0, 0.05) is 7.05 Å². The van der Waals surface area contributed by atoms with Crippen molar-refractivity contribution in [1.82, 2.24) is 9.80 Å². The molecule has 6 heteroatoms. The molecule has 0 spiro atoms. The number of hydrogen-bond donors (Lipinski definition) is 1. The van der Waals surface area contributed by atoms with Crippen molar-refractivity contribution < 1.29 is 19.5 Å². The molecule has 0 aliphatic carbocycles. The molecule has 0 unspecified atom stereocenters. The van der Waals surface area contributed by atoms with Crippen LogP contribution in [0.3, 0.4) is 0 Å². The molecule has 0 aromatic heterocycles. The molecule has 1 aliphatic heterocycles. The summed E-state index contributed by atoms with van der Waals surface area (Å²) in [6.45, 7) is -0.756. The van der Waals surface area contributed by atoms with Crippen LogP contribution in [-0.4, -0.2) is 46.5 Å². The lowest BCUT2D eigenvalue weighted by molar-refractivity contribution is -0.144. The number of urea groups is 1. The predicted molar refractivity (Wildman–Crippen MR) is 32.1 cm³/mol. The number of carbonyl (C=O) groups is 3. The molecular formula is C5H6N2O4. The van der Waals surface area contributed by atoms with Crippen molar-refractivity contribution in [3.05, 3.63) is 0 Å². The van der Waals surface area contributed by atoms with Gasteiger partial charge in [-0.2, -0.15) is 0 Å². The van der Waals surface area contributed by atoms with E-state index in [0.29, 0.717) is 9.80 Å². The summed E-state index contributed by atoms with van der Waals surface area (Å²) < 4.78 is 0. The summed E-state index contributed by atoms with van der Waals surface area (Å²) in [7, 11) is 1.18. The number of amides is 4. The van der Waals surface area contributed by atoms with Gasteiger partial charge in [-0.25, -0.2) is 9.69 Å². The van der Waals surface area contributed by atoms with Gasteiger partial charge in [-0.1, -0.05) is 0 Å². The van der Waals surface area contributed by atoms with Gasteiger partial charge in [-0.15, -0.1) is 0 Å². The Kier molecular flexibility index (Phi) is 1.61. The molecule has 1 fully saturated rings. The van der Waals surface area contributed by atoms with Gasteiger partial charge >= 0.3 is 17.8 Å². The number of likely N-dealkylation sites (N-methyl/N-ethyl adjacent to an activating group) is 1. The highest BCUT2D eigenvalue weighted by molar-refractivity contribution is 6.44. The highest BCUT2D eigenvalue weighted by Gasteiger charge is 2.41. The lowest BCUT2D eigenvalue weighted by Gasteiger charge is -2.07. The van der Waals surface area contributed by atoms with E-state index in [1.54, 1.807) is 0 Å². The zero-order valence-electron chi connectivity index (χ0n) is 5.77. The first kappa shape index (κ1) is 7.67. The molecule has 0 radical (unpaired) electrons. The van der Waals surface area contributed by atoms with Crippen LogP contribution in [0, 0.1) is 0 Å². The van der Waals surface area contributed by atoms with E-state index in [0.717, 1.165) is 0 Å². The third-order valence-electron chi connectivity index (χ3n) is 1.39. The fourth-order valence-electron chi connectivity index (χ4n) is 0.738. The number of carbonyl (C=O) groups excluding carboxylic acids is 3. The minimum atomic E-state index is -0.986. The molecule has 0 aromatic rings. The standard InChI is InChI=1S/C5H6N2O4/c1-6-3(9)4(10)7(2-8)5(6)11/h8H,2H2,1H3. The molecule has 1 N–H and O–H groups in total. The van der Waals surface area contributed by atoms with Crippen LogP contribution in [0.15, 0.2) is 0 Å². The van der Waals surface area contributed by atoms with Gasteiger partial charge in [0.25, 0.3) is 0 Å². The predicted octanol–water partition coefficient (Wildman–Crippen LogP) is -1.64. The number of rotatable bonds is 1. The minimum absolute atomic E-state index is 0.461. The normalized spacial score (nSPS) is 18.5. The van der Waals surface area contributed by atoms with E-state index in [-0.39, 0.29) is 0 Å². The molecule has 60 valence electrons. The van der Waals surface area contributed by atoms with Gasteiger partial charge in [0.1, 0.15) is 6.73 Å². The van der Waals surface area contributed by atoms with Crippen molar-refractivity contribution >= 4 is 17.8 Å². The fourth-order valence-corrected chi connectivity index (χ4v) is 0.738. The molecule has 1 rings (SSSR count). The average Bonchev–Trinajstić information content (AvgIpc) is 2.17. The van der Waals surface area contributed by atoms with Gasteiger partial charge in [-0.3, -0.25) is 14.5 Å². The zero-order chi connectivity index (χ0) is 8.59. The van der Waals surface area contributed by atoms with Crippen LogP contribution < -0.4 is 0 Å². The molecule has 1 heterocycles. The third-order valence-corrected chi connectivity index (χ3v) is 1.39. The van der Waals surface area contributed by atoms with E-state index < -0.39 is 24.6 Å². The molecule has 0 atom stereocenters. The van der Waals surface area contributed by atoms with Crippen molar-refractivity contribution in [3.63, 3.8) is 0 Å². The molecule has 6 nitrogen and oxygen atoms in total. The maximum Gasteiger partial charge on any atom is 0.335 e. The Bertz CT molecular complexity index is 237. The smallest absolute Gasteiger partial charge is 0.335 e. The van der Waals surface area contributed by atoms with E-state index in [1.807, 2.05) is 0 Å². The first-order valence-corrected chi connectivity index (χ1v) is 2.84. The van der Waals surface area contributed by atoms with Crippen molar-refractivity contribution in [1.29, 1.82) is 0 Å². The van der Waals surface area contributed by atoms with Crippen molar-refractivity contribution in [2.75, 3.05) is 13.8 Å². The first-order chi connectivity index (χ1) is 5.09. The zero-order valence-corrected chi connectivity index (χ0v) is 5.77. The Balaban J connectivity index is 2.95. The number of aliphatic hydroxyl groups is 1. The van der Waals surface area contributed by atoms with Gasteiger partial charge < -0.3 is 5.11 Å². The van der Waals surface area contributed by atoms with Crippen LogP contribution in [0.25, 0.3) is 0 Å². The second-order valence-corrected chi connectivity index (χ2v) is 2.02. The van der Waals surface area contributed by atoms with Crippen LogP contribution in [0.5, 0.6) is 0 Å². The first-order valence-electron chi connectivity index (χ1n) is 2.84.